The minimum absolute atomic E-state index is 0.107. The third kappa shape index (κ3) is 4.52. The first kappa shape index (κ1) is 17.9. The van der Waals surface area contributed by atoms with E-state index in [2.05, 4.69) is 5.32 Å². The number of amides is 1. The first-order valence-electron chi connectivity index (χ1n) is 7.45. The smallest absolute Gasteiger partial charge is 0.263 e. The van der Waals surface area contributed by atoms with Gasteiger partial charge in [-0.05, 0) is 44.2 Å². The lowest BCUT2D eigenvalue weighted by Crippen LogP contribution is -2.47. The van der Waals surface area contributed by atoms with Gasteiger partial charge in [0.1, 0.15) is 17.4 Å². The fourth-order valence-corrected chi connectivity index (χ4v) is 2.10. The van der Waals surface area contributed by atoms with Crippen LogP contribution in [0.15, 0.2) is 48.5 Å². The first-order valence-corrected chi connectivity index (χ1v) is 7.45. The molecule has 0 aliphatic carbocycles. The maximum atomic E-state index is 13.6. The van der Waals surface area contributed by atoms with Crippen LogP contribution in [0.25, 0.3) is 0 Å². The maximum absolute atomic E-state index is 13.6. The molecule has 4 nitrogen and oxygen atoms in total. The summed E-state index contributed by atoms with van der Waals surface area (Å²) in [7, 11) is 0. The number of aliphatic hydroxyl groups is 1. The molecule has 0 aliphatic heterocycles. The van der Waals surface area contributed by atoms with E-state index in [4.69, 9.17) is 4.74 Å². The van der Waals surface area contributed by atoms with Crippen LogP contribution in [0.2, 0.25) is 0 Å². The highest BCUT2D eigenvalue weighted by atomic mass is 19.1. The quantitative estimate of drug-likeness (QED) is 0.853. The third-order valence-corrected chi connectivity index (χ3v) is 3.45. The first-order chi connectivity index (χ1) is 11.3. The molecule has 1 amide bonds. The average molecular weight is 335 g/mol. The second kappa shape index (κ2) is 7.40. The molecule has 0 saturated carbocycles. The van der Waals surface area contributed by atoms with Gasteiger partial charge in [-0.3, -0.25) is 4.79 Å². The van der Waals surface area contributed by atoms with Gasteiger partial charge in [0.25, 0.3) is 5.91 Å². The van der Waals surface area contributed by atoms with E-state index in [0.29, 0.717) is 5.75 Å². The molecular formula is C18H19F2NO3. The van der Waals surface area contributed by atoms with Crippen molar-refractivity contribution in [3.05, 3.63) is 65.7 Å². The van der Waals surface area contributed by atoms with Crippen molar-refractivity contribution in [2.75, 3.05) is 6.54 Å². The molecule has 1 unspecified atom stereocenters. The average Bonchev–Trinajstić information content (AvgIpc) is 2.54. The fourth-order valence-electron chi connectivity index (χ4n) is 2.10. The SMILES string of the molecule is CC(C)(Oc1ccc(F)cc1)C(=O)NCC(O)c1ccccc1F. The minimum Gasteiger partial charge on any atom is -0.478 e. The van der Waals surface area contributed by atoms with Crippen LogP contribution in [0.1, 0.15) is 25.5 Å². The predicted molar refractivity (Wildman–Crippen MR) is 85.5 cm³/mol. The molecule has 0 spiro atoms. The van der Waals surface area contributed by atoms with Crippen LogP contribution in [0.3, 0.4) is 0 Å². The minimum atomic E-state index is -1.24. The van der Waals surface area contributed by atoms with Crippen molar-refractivity contribution >= 4 is 5.91 Å². The molecule has 2 aromatic carbocycles. The lowest BCUT2D eigenvalue weighted by molar-refractivity contribution is -0.134. The molecule has 1 atom stereocenters. The summed E-state index contributed by atoms with van der Waals surface area (Å²) in [6.07, 6.45) is -1.17. The molecule has 0 saturated heterocycles. The number of halogens is 2. The Labute approximate surface area is 139 Å². The van der Waals surface area contributed by atoms with E-state index < -0.39 is 29.2 Å². The van der Waals surface area contributed by atoms with E-state index >= 15 is 0 Å². The van der Waals surface area contributed by atoms with E-state index in [1.165, 1.54) is 42.5 Å². The van der Waals surface area contributed by atoms with E-state index in [-0.39, 0.29) is 12.1 Å². The number of carbonyl (C=O) groups excluding carboxylic acids is 1. The molecular weight excluding hydrogens is 316 g/mol. The van der Waals surface area contributed by atoms with Crippen molar-refractivity contribution in [1.29, 1.82) is 0 Å². The van der Waals surface area contributed by atoms with Crippen LogP contribution in [0, 0.1) is 11.6 Å². The predicted octanol–water partition coefficient (Wildman–Crippen LogP) is 2.97. The third-order valence-electron chi connectivity index (χ3n) is 3.45. The van der Waals surface area contributed by atoms with Gasteiger partial charge in [0.05, 0.1) is 6.10 Å². The number of carbonyl (C=O) groups is 1. The number of hydrogen-bond acceptors (Lipinski definition) is 3. The topological polar surface area (TPSA) is 58.6 Å². The molecule has 0 aromatic heterocycles. The van der Waals surface area contributed by atoms with Crippen molar-refractivity contribution in [2.24, 2.45) is 0 Å². The summed E-state index contributed by atoms with van der Waals surface area (Å²) in [4.78, 5) is 12.2. The summed E-state index contributed by atoms with van der Waals surface area (Å²) < 4.78 is 32.0. The van der Waals surface area contributed by atoms with Gasteiger partial charge in [-0.25, -0.2) is 8.78 Å². The van der Waals surface area contributed by atoms with Crippen molar-refractivity contribution in [2.45, 2.75) is 25.6 Å². The van der Waals surface area contributed by atoms with Gasteiger partial charge in [0.15, 0.2) is 5.60 Å². The molecule has 2 aromatic rings. The molecule has 0 bridgehead atoms. The zero-order valence-electron chi connectivity index (χ0n) is 13.4. The molecule has 2 rings (SSSR count). The number of hydrogen-bond donors (Lipinski definition) is 2. The van der Waals surface area contributed by atoms with Gasteiger partial charge in [0, 0.05) is 12.1 Å². The summed E-state index contributed by atoms with van der Waals surface area (Å²) in [5, 5.41) is 12.5. The molecule has 6 heteroatoms. The van der Waals surface area contributed by atoms with Crippen molar-refractivity contribution in [3.63, 3.8) is 0 Å². The highest BCUT2D eigenvalue weighted by molar-refractivity contribution is 5.84. The van der Waals surface area contributed by atoms with E-state index in [1.54, 1.807) is 19.9 Å². The molecule has 128 valence electrons. The maximum Gasteiger partial charge on any atom is 0.263 e. The van der Waals surface area contributed by atoms with Crippen molar-refractivity contribution in [3.8, 4) is 5.75 Å². The van der Waals surface area contributed by atoms with Crippen LogP contribution in [-0.2, 0) is 4.79 Å². The number of nitrogens with one attached hydrogen (secondary N) is 1. The Bertz CT molecular complexity index is 702. The molecule has 0 radical (unpaired) electrons. The Morgan fingerprint density at radius 1 is 1.17 bits per heavy atom. The Morgan fingerprint density at radius 3 is 2.42 bits per heavy atom. The summed E-state index contributed by atoms with van der Waals surface area (Å²) in [6.45, 7) is 2.93. The molecule has 0 aliphatic rings. The van der Waals surface area contributed by atoms with Crippen molar-refractivity contribution < 1.29 is 23.4 Å². The standard InChI is InChI=1S/C18H19F2NO3/c1-18(2,24-13-9-7-12(19)8-10-13)17(23)21-11-16(22)14-5-3-4-6-15(14)20/h3-10,16,22H,11H2,1-2H3,(H,21,23). The number of aliphatic hydroxyl groups excluding tert-OH is 1. The molecule has 0 heterocycles. The monoisotopic (exact) mass is 335 g/mol. The summed E-state index contributed by atoms with van der Waals surface area (Å²) >= 11 is 0. The van der Waals surface area contributed by atoms with E-state index in [1.807, 2.05) is 0 Å². The van der Waals surface area contributed by atoms with Crippen LogP contribution in [0.5, 0.6) is 5.75 Å². The Kier molecular flexibility index (Phi) is 5.51. The summed E-state index contributed by atoms with van der Waals surface area (Å²) in [5.41, 5.74) is -1.14. The lowest BCUT2D eigenvalue weighted by Gasteiger charge is -2.26. The van der Waals surface area contributed by atoms with Gasteiger partial charge in [-0.2, -0.15) is 0 Å². The summed E-state index contributed by atoms with van der Waals surface area (Å²) in [6, 6.07) is 11.1. The van der Waals surface area contributed by atoms with Gasteiger partial charge in [0.2, 0.25) is 0 Å². The summed E-state index contributed by atoms with van der Waals surface area (Å²) in [5.74, 6) is -1.09. The van der Waals surface area contributed by atoms with Gasteiger partial charge in [-0.15, -0.1) is 0 Å². The van der Waals surface area contributed by atoms with Gasteiger partial charge < -0.3 is 15.2 Å². The van der Waals surface area contributed by atoms with E-state index in [0.717, 1.165) is 0 Å². The second-order valence-corrected chi connectivity index (χ2v) is 5.81. The largest absolute Gasteiger partial charge is 0.478 e. The zero-order valence-corrected chi connectivity index (χ0v) is 13.4. The number of rotatable bonds is 6. The zero-order chi connectivity index (χ0) is 17.7. The van der Waals surface area contributed by atoms with Crippen LogP contribution >= 0.6 is 0 Å². The lowest BCUT2D eigenvalue weighted by atomic mass is 10.1. The van der Waals surface area contributed by atoms with E-state index in [9.17, 15) is 18.7 Å². The molecule has 0 fully saturated rings. The normalized spacial score (nSPS) is 12.5. The van der Waals surface area contributed by atoms with Gasteiger partial charge >= 0.3 is 0 Å². The van der Waals surface area contributed by atoms with Crippen LogP contribution in [-0.4, -0.2) is 23.2 Å². The number of ether oxygens (including phenoxy) is 1. The van der Waals surface area contributed by atoms with Gasteiger partial charge in [-0.1, -0.05) is 18.2 Å². The fraction of sp³-hybridized carbons (Fsp3) is 0.278. The van der Waals surface area contributed by atoms with Crippen LogP contribution < -0.4 is 10.1 Å². The highest BCUT2D eigenvalue weighted by Gasteiger charge is 2.30. The second-order valence-electron chi connectivity index (χ2n) is 5.81. The number of benzene rings is 2. The Balaban J connectivity index is 1.95. The molecule has 24 heavy (non-hydrogen) atoms. The molecule has 2 N–H and O–H groups in total. The Morgan fingerprint density at radius 2 is 1.79 bits per heavy atom. The van der Waals surface area contributed by atoms with Crippen LogP contribution in [0.4, 0.5) is 8.78 Å². The Hall–Kier alpha value is -2.47. The van der Waals surface area contributed by atoms with Crippen molar-refractivity contribution in [1.82, 2.24) is 5.32 Å². The highest BCUT2D eigenvalue weighted by Crippen LogP contribution is 2.20.